The quantitative estimate of drug-likeness (QED) is 0.614. The number of aryl methyl sites for hydroxylation is 3. The number of piperidine rings is 1. The molecule has 3 aromatic rings. The van der Waals surface area contributed by atoms with E-state index in [0.717, 1.165) is 70.0 Å². The molecule has 6 heteroatoms. The van der Waals surface area contributed by atoms with Crippen molar-refractivity contribution in [3.63, 3.8) is 0 Å². The van der Waals surface area contributed by atoms with E-state index in [1.807, 2.05) is 6.07 Å². The first-order valence-corrected chi connectivity index (χ1v) is 12.2. The number of carbonyl (C=O) groups excluding carboxylic acids is 1. The molecule has 1 amide bonds. The minimum Gasteiger partial charge on any atom is -0.368 e. The van der Waals surface area contributed by atoms with Crippen LogP contribution in [0.3, 0.4) is 0 Å². The SMILES string of the molecule is Cc1ccc(N2CCN(C(=O)[C@H]3CCCN(Cc4nc5ccccc5n4C)C3)CC2)c(C)c1. The Morgan fingerprint density at radius 1 is 1.03 bits per heavy atom. The minimum absolute atomic E-state index is 0.0982. The number of rotatable bonds is 4. The van der Waals surface area contributed by atoms with Gasteiger partial charge in [-0.3, -0.25) is 9.69 Å². The highest BCUT2D eigenvalue weighted by Crippen LogP contribution is 2.25. The monoisotopic (exact) mass is 445 g/mol. The minimum atomic E-state index is 0.0982. The Hall–Kier alpha value is -2.86. The number of likely N-dealkylation sites (tertiary alicyclic amines) is 1. The van der Waals surface area contributed by atoms with Gasteiger partial charge in [0.25, 0.3) is 0 Å². The summed E-state index contributed by atoms with van der Waals surface area (Å²) in [4.78, 5) is 25.2. The van der Waals surface area contributed by atoms with Crippen molar-refractivity contribution in [3.05, 3.63) is 59.4 Å². The molecule has 0 saturated carbocycles. The average molecular weight is 446 g/mol. The molecule has 3 heterocycles. The predicted molar refractivity (Wildman–Crippen MR) is 133 cm³/mol. The van der Waals surface area contributed by atoms with E-state index < -0.39 is 0 Å². The third-order valence-electron chi connectivity index (χ3n) is 7.38. The number of para-hydroxylation sites is 2. The standard InChI is InChI=1S/C27H35N5O/c1-20-10-11-24(21(2)17-20)31-13-15-32(16-14-31)27(33)22-7-6-12-30(18-22)19-26-28-23-8-4-5-9-25(23)29(26)3/h4-5,8-11,17,22H,6-7,12-16,18-19H2,1-3H3/t22-/m0/s1. The van der Waals surface area contributed by atoms with Crippen LogP contribution in [0.1, 0.15) is 29.8 Å². The zero-order valence-corrected chi connectivity index (χ0v) is 20.1. The van der Waals surface area contributed by atoms with Crippen molar-refractivity contribution in [1.82, 2.24) is 19.4 Å². The number of hydrogen-bond donors (Lipinski definition) is 0. The number of fused-ring (bicyclic) bond motifs is 1. The summed E-state index contributed by atoms with van der Waals surface area (Å²) < 4.78 is 2.19. The van der Waals surface area contributed by atoms with E-state index in [1.54, 1.807) is 0 Å². The van der Waals surface area contributed by atoms with Gasteiger partial charge in [0.05, 0.1) is 23.5 Å². The van der Waals surface area contributed by atoms with E-state index in [-0.39, 0.29) is 5.92 Å². The topological polar surface area (TPSA) is 44.6 Å². The number of amides is 1. The van der Waals surface area contributed by atoms with Crippen LogP contribution in [0.2, 0.25) is 0 Å². The van der Waals surface area contributed by atoms with Gasteiger partial charge in [0.2, 0.25) is 5.91 Å². The lowest BCUT2D eigenvalue weighted by molar-refractivity contribution is -0.137. The van der Waals surface area contributed by atoms with Gasteiger partial charge < -0.3 is 14.4 Å². The molecule has 2 fully saturated rings. The Labute approximate surface area is 196 Å². The summed E-state index contributed by atoms with van der Waals surface area (Å²) in [5.74, 6) is 1.51. The van der Waals surface area contributed by atoms with Crippen LogP contribution in [0, 0.1) is 19.8 Å². The van der Waals surface area contributed by atoms with Gasteiger partial charge in [0.1, 0.15) is 5.82 Å². The molecular formula is C27H35N5O. The molecule has 0 spiro atoms. The number of aromatic nitrogens is 2. The Kier molecular flexibility index (Phi) is 6.11. The zero-order valence-electron chi connectivity index (χ0n) is 20.1. The molecule has 174 valence electrons. The van der Waals surface area contributed by atoms with Gasteiger partial charge >= 0.3 is 0 Å². The number of piperazine rings is 1. The Bertz CT molecular complexity index is 1140. The average Bonchev–Trinajstić information content (AvgIpc) is 3.14. The summed E-state index contributed by atoms with van der Waals surface area (Å²) in [6, 6.07) is 14.9. The fourth-order valence-corrected chi connectivity index (χ4v) is 5.52. The molecule has 6 nitrogen and oxygen atoms in total. The van der Waals surface area contributed by atoms with Gasteiger partial charge in [0, 0.05) is 45.5 Å². The van der Waals surface area contributed by atoms with E-state index >= 15 is 0 Å². The Morgan fingerprint density at radius 3 is 2.58 bits per heavy atom. The normalized spacial score (nSPS) is 19.9. The second-order valence-electron chi connectivity index (χ2n) is 9.75. The molecule has 2 aromatic carbocycles. The fraction of sp³-hybridized carbons (Fsp3) is 0.481. The van der Waals surface area contributed by atoms with Crippen molar-refractivity contribution in [2.45, 2.75) is 33.2 Å². The second kappa shape index (κ2) is 9.18. The van der Waals surface area contributed by atoms with Crippen LogP contribution in [0.5, 0.6) is 0 Å². The lowest BCUT2D eigenvalue weighted by atomic mass is 9.96. The highest BCUT2D eigenvalue weighted by molar-refractivity contribution is 5.79. The first-order chi connectivity index (χ1) is 16.0. The highest BCUT2D eigenvalue weighted by Gasteiger charge is 2.31. The highest BCUT2D eigenvalue weighted by atomic mass is 16.2. The number of imidazole rings is 1. The van der Waals surface area contributed by atoms with E-state index in [2.05, 4.69) is 76.6 Å². The number of carbonyl (C=O) groups is 1. The summed E-state index contributed by atoms with van der Waals surface area (Å²) in [7, 11) is 2.09. The maximum absolute atomic E-state index is 13.4. The molecular weight excluding hydrogens is 410 g/mol. The van der Waals surface area contributed by atoms with Crippen LogP contribution in [0.25, 0.3) is 11.0 Å². The van der Waals surface area contributed by atoms with E-state index in [4.69, 9.17) is 4.98 Å². The van der Waals surface area contributed by atoms with Gasteiger partial charge in [-0.05, 0) is 57.0 Å². The van der Waals surface area contributed by atoms with E-state index in [9.17, 15) is 4.79 Å². The van der Waals surface area contributed by atoms with Crippen LogP contribution in [0.4, 0.5) is 5.69 Å². The van der Waals surface area contributed by atoms with Crippen molar-refractivity contribution >= 4 is 22.6 Å². The summed E-state index contributed by atoms with van der Waals surface area (Å²) in [6.45, 7) is 10.4. The summed E-state index contributed by atoms with van der Waals surface area (Å²) in [5, 5.41) is 0. The molecule has 0 N–H and O–H groups in total. The third kappa shape index (κ3) is 4.49. The van der Waals surface area contributed by atoms with Gasteiger partial charge in [-0.15, -0.1) is 0 Å². The Balaban J connectivity index is 1.19. The van der Waals surface area contributed by atoms with E-state index in [1.165, 1.54) is 22.3 Å². The molecule has 1 aromatic heterocycles. The van der Waals surface area contributed by atoms with Gasteiger partial charge in [0.15, 0.2) is 0 Å². The summed E-state index contributed by atoms with van der Waals surface area (Å²) >= 11 is 0. The van der Waals surface area contributed by atoms with Gasteiger partial charge in [-0.2, -0.15) is 0 Å². The molecule has 2 saturated heterocycles. The van der Waals surface area contributed by atoms with Crippen molar-refractivity contribution < 1.29 is 4.79 Å². The molecule has 2 aliphatic rings. The predicted octanol–water partition coefficient (Wildman–Crippen LogP) is 3.75. The molecule has 0 bridgehead atoms. The second-order valence-corrected chi connectivity index (χ2v) is 9.75. The van der Waals surface area contributed by atoms with Crippen LogP contribution in [0.15, 0.2) is 42.5 Å². The van der Waals surface area contributed by atoms with Crippen LogP contribution >= 0.6 is 0 Å². The first kappa shape index (κ1) is 22.0. The number of hydrogen-bond acceptors (Lipinski definition) is 4. The lowest BCUT2D eigenvalue weighted by Gasteiger charge is -2.40. The molecule has 0 unspecified atom stereocenters. The van der Waals surface area contributed by atoms with E-state index in [0.29, 0.717) is 5.91 Å². The fourth-order valence-electron chi connectivity index (χ4n) is 5.52. The zero-order chi connectivity index (χ0) is 22.9. The summed E-state index contributed by atoms with van der Waals surface area (Å²) in [5.41, 5.74) is 6.13. The van der Waals surface area contributed by atoms with Crippen molar-refractivity contribution in [1.29, 1.82) is 0 Å². The van der Waals surface area contributed by atoms with Crippen LogP contribution < -0.4 is 4.90 Å². The summed E-state index contributed by atoms with van der Waals surface area (Å²) in [6.07, 6.45) is 2.07. The molecule has 2 aliphatic heterocycles. The number of benzene rings is 2. The van der Waals surface area contributed by atoms with Crippen LogP contribution in [-0.2, 0) is 18.4 Å². The molecule has 1 atom stereocenters. The smallest absolute Gasteiger partial charge is 0.227 e. The molecule has 0 radical (unpaired) electrons. The maximum atomic E-state index is 13.4. The number of anilines is 1. The van der Waals surface area contributed by atoms with Gasteiger partial charge in [-0.25, -0.2) is 4.98 Å². The third-order valence-corrected chi connectivity index (χ3v) is 7.38. The molecule has 33 heavy (non-hydrogen) atoms. The van der Waals surface area contributed by atoms with Crippen molar-refractivity contribution in [3.8, 4) is 0 Å². The lowest BCUT2D eigenvalue weighted by Crippen LogP contribution is -2.52. The van der Waals surface area contributed by atoms with Crippen molar-refractivity contribution in [2.75, 3.05) is 44.2 Å². The Morgan fingerprint density at radius 2 is 1.82 bits per heavy atom. The maximum Gasteiger partial charge on any atom is 0.227 e. The largest absolute Gasteiger partial charge is 0.368 e. The van der Waals surface area contributed by atoms with Gasteiger partial charge in [-0.1, -0.05) is 29.8 Å². The van der Waals surface area contributed by atoms with Crippen LogP contribution in [-0.4, -0.2) is 64.5 Å². The first-order valence-electron chi connectivity index (χ1n) is 12.2. The molecule has 5 rings (SSSR count). The number of nitrogens with zero attached hydrogens (tertiary/aromatic N) is 5. The van der Waals surface area contributed by atoms with Crippen molar-refractivity contribution in [2.24, 2.45) is 13.0 Å². The molecule has 0 aliphatic carbocycles.